The third-order valence-corrected chi connectivity index (χ3v) is 2.26. The zero-order valence-electron chi connectivity index (χ0n) is 10.2. The summed E-state index contributed by atoms with van der Waals surface area (Å²) in [5.74, 6) is 0.796. The van der Waals surface area contributed by atoms with Gasteiger partial charge in [0.2, 0.25) is 0 Å². The van der Waals surface area contributed by atoms with Crippen LogP contribution in [0.3, 0.4) is 0 Å². The van der Waals surface area contributed by atoms with Gasteiger partial charge >= 0.3 is 0 Å². The number of nitrogens with one attached hydrogen (secondary N) is 1. The van der Waals surface area contributed by atoms with Crippen LogP contribution in [0.4, 0.5) is 4.39 Å². The molecule has 1 aromatic carbocycles. The molecule has 0 fully saturated rings. The molecule has 0 bridgehead atoms. The Balaban J connectivity index is 2.31. The summed E-state index contributed by atoms with van der Waals surface area (Å²) in [5.41, 5.74) is 1.15. The van der Waals surface area contributed by atoms with E-state index in [0.717, 1.165) is 24.4 Å². The van der Waals surface area contributed by atoms with Gasteiger partial charge in [-0.15, -0.1) is 0 Å². The highest BCUT2D eigenvalue weighted by Crippen LogP contribution is 2.13. The number of alkyl halides is 1. The molecule has 0 aliphatic rings. The molecular weight excluding hydrogens is 221 g/mol. The van der Waals surface area contributed by atoms with Crippen LogP contribution in [-0.2, 0) is 11.3 Å². The lowest BCUT2D eigenvalue weighted by Gasteiger charge is -2.08. The summed E-state index contributed by atoms with van der Waals surface area (Å²) in [6.45, 7) is 2.40. The molecule has 17 heavy (non-hydrogen) atoms. The molecule has 1 N–H and O–H groups in total. The molecule has 0 aliphatic heterocycles. The van der Waals surface area contributed by atoms with Crippen molar-refractivity contribution in [2.24, 2.45) is 0 Å². The quantitative estimate of drug-likeness (QED) is 0.672. The number of methoxy groups -OCH3 is 1. The van der Waals surface area contributed by atoms with Gasteiger partial charge in [0.15, 0.2) is 0 Å². The third-order valence-electron chi connectivity index (χ3n) is 2.26. The molecular formula is C13H20FNO2. The Bertz CT molecular complexity index is 307. The lowest BCUT2D eigenvalue weighted by molar-refractivity contribution is 0.199. The third kappa shape index (κ3) is 6.24. The van der Waals surface area contributed by atoms with Gasteiger partial charge in [0, 0.05) is 26.6 Å². The molecule has 3 nitrogen and oxygen atoms in total. The van der Waals surface area contributed by atoms with Gasteiger partial charge in [-0.05, 0) is 17.7 Å². The summed E-state index contributed by atoms with van der Waals surface area (Å²) in [6, 6.07) is 7.83. The summed E-state index contributed by atoms with van der Waals surface area (Å²) >= 11 is 0. The van der Waals surface area contributed by atoms with Gasteiger partial charge in [0.1, 0.15) is 5.75 Å². The van der Waals surface area contributed by atoms with E-state index in [1.165, 1.54) is 0 Å². The second-order valence-electron chi connectivity index (χ2n) is 3.71. The zero-order valence-corrected chi connectivity index (χ0v) is 10.2. The van der Waals surface area contributed by atoms with Crippen LogP contribution in [0.25, 0.3) is 0 Å². The van der Waals surface area contributed by atoms with Crippen molar-refractivity contribution in [3.63, 3.8) is 0 Å². The minimum atomic E-state index is -0.335. The molecule has 0 spiro atoms. The molecule has 0 aromatic heterocycles. The van der Waals surface area contributed by atoms with Crippen molar-refractivity contribution < 1.29 is 13.9 Å². The predicted molar refractivity (Wildman–Crippen MR) is 66.1 cm³/mol. The lowest BCUT2D eigenvalue weighted by atomic mass is 10.2. The van der Waals surface area contributed by atoms with Crippen LogP contribution in [-0.4, -0.2) is 33.5 Å². The Morgan fingerprint density at radius 1 is 1.29 bits per heavy atom. The first-order chi connectivity index (χ1) is 8.36. The molecule has 0 saturated heterocycles. The predicted octanol–water partition coefficient (Wildman–Crippen LogP) is 2.16. The van der Waals surface area contributed by atoms with Crippen molar-refractivity contribution in [3.8, 4) is 5.75 Å². The fourth-order valence-electron chi connectivity index (χ4n) is 1.40. The molecule has 1 aromatic rings. The Labute approximate surface area is 102 Å². The van der Waals surface area contributed by atoms with E-state index in [2.05, 4.69) is 5.32 Å². The van der Waals surface area contributed by atoms with Gasteiger partial charge < -0.3 is 14.8 Å². The molecule has 4 heteroatoms. The van der Waals surface area contributed by atoms with E-state index in [1.807, 2.05) is 24.3 Å². The van der Waals surface area contributed by atoms with E-state index in [1.54, 1.807) is 7.11 Å². The minimum absolute atomic E-state index is 0.335. The average Bonchev–Trinajstić information content (AvgIpc) is 2.36. The first kappa shape index (κ1) is 13.9. The number of rotatable bonds is 9. The van der Waals surface area contributed by atoms with Gasteiger partial charge in [0.25, 0.3) is 0 Å². The van der Waals surface area contributed by atoms with Gasteiger partial charge in [-0.2, -0.15) is 0 Å². The van der Waals surface area contributed by atoms with Gasteiger partial charge in [-0.1, -0.05) is 12.1 Å². The molecule has 0 amide bonds. The molecule has 1 rings (SSSR count). The summed E-state index contributed by atoms with van der Waals surface area (Å²) in [4.78, 5) is 0. The van der Waals surface area contributed by atoms with Crippen LogP contribution in [0.15, 0.2) is 24.3 Å². The number of halogens is 1. The van der Waals surface area contributed by atoms with Crippen molar-refractivity contribution in [1.29, 1.82) is 0 Å². The van der Waals surface area contributed by atoms with E-state index in [0.29, 0.717) is 19.6 Å². The second kappa shape index (κ2) is 8.96. The minimum Gasteiger partial charge on any atom is -0.493 e. The highest BCUT2D eigenvalue weighted by Gasteiger charge is 1.97. The second-order valence-corrected chi connectivity index (χ2v) is 3.71. The van der Waals surface area contributed by atoms with E-state index < -0.39 is 0 Å². The van der Waals surface area contributed by atoms with Crippen LogP contribution < -0.4 is 10.1 Å². The molecule has 0 unspecified atom stereocenters. The normalized spacial score (nSPS) is 10.5. The first-order valence-corrected chi connectivity index (χ1v) is 5.84. The molecule has 0 radical (unpaired) electrons. The summed E-state index contributed by atoms with van der Waals surface area (Å²) in [7, 11) is 1.68. The number of ether oxygens (including phenoxy) is 2. The fourth-order valence-corrected chi connectivity index (χ4v) is 1.40. The Morgan fingerprint density at radius 3 is 2.94 bits per heavy atom. The summed E-state index contributed by atoms with van der Waals surface area (Å²) in [5, 5.41) is 3.26. The average molecular weight is 241 g/mol. The maximum absolute atomic E-state index is 11.9. The van der Waals surface area contributed by atoms with Crippen LogP contribution >= 0.6 is 0 Å². The fraction of sp³-hybridized carbons (Fsp3) is 0.538. The van der Waals surface area contributed by atoms with Crippen molar-refractivity contribution >= 4 is 0 Å². The maximum Gasteiger partial charge on any atom is 0.119 e. The molecule has 96 valence electrons. The van der Waals surface area contributed by atoms with Crippen molar-refractivity contribution in [1.82, 2.24) is 5.32 Å². The summed E-state index contributed by atoms with van der Waals surface area (Å²) < 4.78 is 22.3. The number of hydrogen-bond donors (Lipinski definition) is 1. The lowest BCUT2D eigenvalue weighted by Crippen LogP contribution is -2.18. The highest BCUT2D eigenvalue weighted by atomic mass is 19.1. The van der Waals surface area contributed by atoms with Crippen molar-refractivity contribution in [2.75, 3.05) is 33.5 Å². The SMILES string of the molecule is COCCNCc1cccc(OCCCF)c1. The van der Waals surface area contributed by atoms with E-state index in [4.69, 9.17) is 9.47 Å². The van der Waals surface area contributed by atoms with E-state index in [9.17, 15) is 4.39 Å². The van der Waals surface area contributed by atoms with Gasteiger partial charge in [0.05, 0.1) is 19.9 Å². The van der Waals surface area contributed by atoms with Crippen molar-refractivity contribution in [2.45, 2.75) is 13.0 Å². The largest absolute Gasteiger partial charge is 0.493 e. The monoisotopic (exact) mass is 241 g/mol. The van der Waals surface area contributed by atoms with E-state index >= 15 is 0 Å². The summed E-state index contributed by atoms with van der Waals surface area (Å²) in [6.07, 6.45) is 0.441. The van der Waals surface area contributed by atoms with Crippen LogP contribution in [0.1, 0.15) is 12.0 Å². The van der Waals surface area contributed by atoms with Crippen LogP contribution in [0.5, 0.6) is 5.75 Å². The van der Waals surface area contributed by atoms with Gasteiger partial charge in [-0.3, -0.25) is 4.39 Å². The molecule has 0 aliphatic carbocycles. The Hall–Kier alpha value is -1.13. The smallest absolute Gasteiger partial charge is 0.119 e. The standard InChI is InChI=1S/C13H20FNO2/c1-16-9-7-15-11-12-4-2-5-13(10-12)17-8-3-6-14/h2,4-5,10,15H,3,6-9,11H2,1H3. The number of hydrogen-bond acceptors (Lipinski definition) is 3. The molecule has 0 atom stereocenters. The topological polar surface area (TPSA) is 30.5 Å². The first-order valence-electron chi connectivity index (χ1n) is 5.84. The zero-order chi connectivity index (χ0) is 12.3. The van der Waals surface area contributed by atoms with E-state index in [-0.39, 0.29) is 6.67 Å². The Kier molecular flexibility index (Phi) is 7.34. The number of benzene rings is 1. The van der Waals surface area contributed by atoms with Gasteiger partial charge in [-0.25, -0.2) is 0 Å². The maximum atomic E-state index is 11.9. The molecule has 0 heterocycles. The molecule has 0 saturated carbocycles. The Morgan fingerprint density at radius 2 is 2.18 bits per heavy atom. The van der Waals surface area contributed by atoms with Crippen LogP contribution in [0, 0.1) is 0 Å². The van der Waals surface area contributed by atoms with Crippen molar-refractivity contribution in [3.05, 3.63) is 29.8 Å². The van der Waals surface area contributed by atoms with Crippen LogP contribution in [0.2, 0.25) is 0 Å². The highest BCUT2D eigenvalue weighted by molar-refractivity contribution is 5.28.